The predicted molar refractivity (Wildman–Crippen MR) is 89.6 cm³/mol. The van der Waals surface area contributed by atoms with Gasteiger partial charge in [-0.05, 0) is 35.6 Å². The lowest BCUT2D eigenvalue weighted by molar-refractivity contribution is -0.136. The monoisotopic (exact) mass is 349 g/mol. The third-order valence-electron chi connectivity index (χ3n) is 4.04. The molecule has 0 bridgehead atoms. The first-order chi connectivity index (χ1) is 11.4. The quantitative estimate of drug-likeness (QED) is 0.739. The van der Waals surface area contributed by atoms with Crippen molar-refractivity contribution in [2.75, 3.05) is 7.11 Å². The highest BCUT2D eigenvalue weighted by Crippen LogP contribution is 2.33. The lowest BCUT2D eigenvalue weighted by atomic mass is 10.1. The highest BCUT2D eigenvalue weighted by atomic mass is 32.1. The molecular formula is C17H16FNO4S. The molecule has 2 aromatic heterocycles. The van der Waals surface area contributed by atoms with Crippen LogP contribution in [0.15, 0.2) is 23.6 Å². The summed E-state index contributed by atoms with van der Waals surface area (Å²) < 4.78 is 21.0. The summed E-state index contributed by atoms with van der Waals surface area (Å²) in [6.07, 6.45) is -0.154. The Bertz CT molecular complexity index is 928. The Morgan fingerprint density at radius 1 is 1.38 bits per heavy atom. The number of carboxylic acid groups (broad SMARTS) is 1. The Morgan fingerprint density at radius 3 is 2.71 bits per heavy atom. The minimum absolute atomic E-state index is 0.0828. The molecule has 0 saturated heterocycles. The Labute approximate surface area is 141 Å². The van der Waals surface area contributed by atoms with Crippen LogP contribution in [-0.4, -0.2) is 27.9 Å². The van der Waals surface area contributed by atoms with E-state index < -0.39 is 11.8 Å². The van der Waals surface area contributed by atoms with Crippen molar-refractivity contribution >= 4 is 28.2 Å². The largest absolute Gasteiger partial charge is 0.499 e. The summed E-state index contributed by atoms with van der Waals surface area (Å²) >= 11 is 1.22. The van der Waals surface area contributed by atoms with E-state index in [0.717, 1.165) is 11.3 Å². The van der Waals surface area contributed by atoms with Gasteiger partial charge in [0.15, 0.2) is 16.6 Å². The normalized spacial score (nSPS) is 11.1. The molecule has 24 heavy (non-hydrogen) atoms. The summed E-state index contributed by atoms with van der Waals surface area (Å²) in [4.78, 5) is 11.2. The van der Waals surface area contributed by atoms with Crippen molar-refractivity contribution in [3.8, 4) is 10.8 Å². The zero-order chi connectivity index (χ0) is 17.4. The number of carboxylic acids is 1. The van der Waals surface area contributed by atoms with Crippen LogP contribution in [0.3, 0.4) is 0 Å². The highest BCUT2D eigenvalue weighted by molar-refractivity contribution is 7.11. The van der Waals surface area contributed by atoms with Gasteiger partial charge in [0.25, 0.3) is 0 Å². The van der Waals surface area contributed by atoms with Gasteiger partial charge in [-0.25, -0.2) is 4.39 Å². The van der Waals surface area contributed by atoms with Crippen molar-refractivity contribution in [2.45, 2.75) is 19.9 Å². The van der Waals surface area contributed by atoms with E-state index in [1.807, 2.05) is 16.9 Å². The van der Waals surface area contributed by atoms with Crippen LogP contribution in [0.5, 0.6) is 10.8 Å². The van der Waals surface area contributed by atoms with E-state index in [4.69, 9.17) is 4.74 Å². The summed E-state index contributed by atoms with van der Waals surface area (Å²) in [6, 6.07) is 4.54. The van der Waals surface area contributed by atoms with Gasteiger partial charge in [0.1, 0.15) is 0 Å². The van der Waals surface area contributed by atoms with Gasteiger partial charge in [0, 0.05) is 23.7 Å². The Kier molecular flexibility index (Phi) is 4.19. The van der Waals surface area contributed by atoms with Crippen molar-refractivity contribution in [3.05, 3.63) is 46.2 Å². The minimum Gasteiger partial charge on any atom is -0.499 e. The van der Waals surface area contributed by atoms with E-state index in [0.29, 0.717) is 23.0 Å². The minimum atomic E-state index is -0.950. The van der Waals surface area contributed by atoms with Crippen LogP contribution >= 0.6 is 11.3 Å². The summed E-state index contributed by atoms with van der Waals surface area (Å²) in [5.41, 5.74) is 2.87. The van der Waals surface area contributed by atoms with Crippen LogP contribution in [0.1, 0.15) is 16.8 Å². The number of thiophene rings is 1. The fraction of sp³-hybridized carbons (Fsp3) is 0.235. The van der Waals surface area contributed by atoms with Crippen molar-refractivity contribution in [1.29, 1.82) is 0 Å². The first-order valence-corrected chi connectivity index (χ1v) is 8.12. The lowest BCUT2D eigenvalue weighted by Gasteiger charge is -2.08. The summed E-state index contributed by atoms with van der Waals surface area (Å²) in [6.45, 7) is 2.24. The maximum absolute atomic E-state index is 14.2. The molecule has 0 unspecified atom stereocenters. The number of nitrogens with zero attached hydrogens (tertiary/aromatic N) is 1. The maximum Gasteiger partial charge on any atom is 0.307 e. The molecule has 0 aliphatic carbocycles. The second-order valence-electron chi connectivity index (χ2n) is 5.52. The molecule has 0 atom stereocenters. The molecule has 126 valence electrons. The van der Waals surface area contributed by atoms with Crippen LogP contribution in [0.4, 0.5) is 4.39 Å². The zero-order valence-corrected chi connectivity index (χ0v) is 14.0. The molecule has 1 aromatic carbocycles. The molecule has 5 nitrogen and oxygen atoms in total. The van der Waals surface area contributed by atoms with Gasteiger partial charge >= 0.3 is 5.97 Å². The molecule has 0 aliphatic heterocycles. The van der Waals surface area contributed by atoms with Crippen LogP contribution in [0, 0.1) is 12.7 Å². The van der Waals surface area contributed by atoms with Gasteiger partial charge in [-0.3, -0.25) is 4.79 Å². The van der Waals surface area contributed by atoms with Crippen molar-refractivity contribution in [1.82, 2.24) is 4.57 Å². The fourth-order valence-corrected chi connectivity index (χ4v) is 3.54. The molecule has 0 fully saturated rings. The Morgan fingerprint density at radius 2 is 2.12 bits per heavy atom. The number of rotatable bonds is 5. The first-order valence-electron chi connectivity index (χ1n) is 7.24. The van der Waals surface area contributed by atoms with Crippen LogP contribution in [0.25, 0.3) is 10.9 Å². The Balaban J connectivity index is 2.21. The third-order valence-corrected chi connectivity index (χ3v) is 4.82. The number of benzene rings is 1. The zero-order valence-electron chi connectivity index (χ0n) is 13.2. The van der Waals surface area contributed by atoms with Gasteiger partial charge in [-0.2, -0.15) is 0 Å². The predicted octanol–water partition coefficient (Wildman–Crippen LogP) is 3.54. The average molecular weight is 349 g/mol. The number of methoxy groups -OCH3 is 1. The van der Waals surface area contributed by atoms with Gasteiger partial charge in [0.2, 0.25) is 0 Å². The number of halogens is 1. The van der Waals surface area contributed by atoms with E-state index in [9.17, 15) is 19.4 Å². The van der Waals surface area contributed by atoms with E-state index in [1.54, 1.807) is 6.07 Å². The topological polar surface area (TPSA) is 71.7 Å². The van der Waals surface area contributed by atoms with Crippen molar-refractivity contribution in [2.24, 2.45) is 0 Å². The van der Waals surface area contributed by atoms with Gasteiger partial charge in [-0.1, -0.05) is 0 Å². The van der Waals surface area contributed by atoms with Gasteiger partial charge in [-0.15, -0.1) is 11.3 Å². The highest BCUT2D eigenvalue weighted by Gasteiger charge is 2.19. The van der Waals surface area contributed by atoms with E-state index in [2.05, 4.69) is 0 Å². The molecule has 0 radical (unpaired) electrons. The van der Waals surface area contributed by atoms with Gasteiger partial charge in [0.05, 0.1) is 19.0 Å². The smallest absolute Gasteiger partial charge is 0.307 e. The number of aliphatic carboxylic acids is 1. The molecule has 2 heterocycles. The fourth-order valence-electron chi connectivity index (χ4n) is 2.91. The summed E-state index contributed by atoms with van der Waals surface area (Å²) in [5, 5.41) is 21.4. The van der Waals surface area contributed by atoms with Crippen LogP contribution in [0.2, 0.25) is 0 Å². The van der Waals surface area contributed by atoms with Crippen LogP contribution < -0.4 is 4.74 Å². The molecule has 0 spiro atoms. The lowest BCUT2D eigenvalue weighted by Crippen LogP contribution is -2.04. The molecular weight excluding hydrogens is 333 g/mol. The summed E-state index contributed by atoms with van der Waals surface area (Å²) in [5.74, 6) is -1.37. The van der Waals surface area contributed by atoms with E-state index in [1.165, 1.54) is 30.6 Å². The molecule has 0 amide bonds. The Hall–Kier alpha value is -2.54. The molecule has 7 heteroatoms. The summed E-state index contributed by atoms with van der Waals surface area (Å²) in [7, 11) is 1.37. The number of aromatic nitrogens is 1. The number of carbonyl (C=O) groups is 1. The number of ether oxygens (including phenoxy) is 1. The van der Waals surface area contributed by atoms with Crippen molar-refractivity contribution < 1.29 is 24.1 Å². The number of hydrogen-bond acceptors (Lipinski definition) is 4. The maximum atomic E-state index is 14.2. The van der Waals surface area contributed by atoms with Gasteiger partial charge < -0.3 is 19.5 Å². The molecule has 3 aromatic rings. The number of aromatic hydroxyl groups is 1. The third kappa shape index (κ3) is 2.82. The second-order valence-corrected chi connectivity index (χ2v) is 6.41. The average Bonchev–Trinajstić information content (AvgIpc) is 3.03. The van der Waals surface area contributed by atoms with E-state index in [-0.39, 0.29) is 17.2 Å². The second kappa shape index (κ2) is 6.16. The molecule has 0 saturated carbocycles. The van der Waals surface area contributed by atoms with E-state index >= 15 is 0 Å². The molecule has 3 rings (SSSR count). The molecule has 0 aliphatic rings. The standard InChI is InChI=1S/C17H16FNO4S/c1-9-11(5-16(20)21)12-4-15(23-2)13(18)6-14(12)19(9)7-10-3-17(22)24-8-10/h3-4,6,8,22H,5,7H2,1-2H3,(H,20,21). The number of fused-ring (bicyclic) bond motifs is 1. The first kappa shape index (κ1) is 16.3. The van der Waals surface area contributed by atoms with Crippen molar-refractivity contribution in [3.63, 3.8) is 0 Å². The van der Waals surface area contributed by atoms with Crippen LogP contribution in [-0.2, 0) is 17.8 Å². The SMILES string of the molecule is COc1cc2c(CC(=O)O)c(C)n(Cc3csc(O)c3)c2cc1F. The number of hydrogen-bond donors (Lipinski definition) is 2. The molecule has 2 N–H and O–H groups in total.